The van der Waals surface area contributed by atoms with Crippen molar-refractivity contribution in [3.63, 3.8) is 0 Å². The Morgan fingerprint density at radius 2 is 1.32 bits per heavy atom. The molecular weight excluding hydrogens is 402 g/mol. The number of carbonyl (C=O) groups excluding carboxylic acids is 2. The monoisotopic (exact) mass is 427 g/mol. The molecule has 0 aromatic heterocycles. The summed E-state index contributed by atoms with van der Waals surface area (Å²) < 4.78 is 28.7. The van der Waals surface area contributed by atoms with Crippen LogP contribution in [0.3, 0.4) is 0 Å². The Hall–Kier alpha value is -2.78. The molecule has 0 bridgehead atoms. The van der Waals surface area contributed by atoms with Gasteiger partial charge in [-0.3, -0.25) is 0 Å². The average molecular weight is 427 g/mol. The third-order valence-corrected chi connectivity index (χ3v) is 5.31. The number of rotatable bonds is 6. The largest absolute Gasteiger partial charge is 0.459 e. The van der Waals surface area contributed by atoms with E-state index in [9.17, 15) is 9.59 Å². The minimum Gasteiger partial charge on any atom is -0.459 e. The van der Waals surface area contributed by atoms with Crippen LogP contribution in [0.2, 0.25) is 0 Å². The van der Waals surface area contributed by atoms with Gasteiger partial charge in [0, 0.05) is 0 Å². The van der Waals surface area contributed by atoms with E-state index in [1.165, 1.54) is 0 Å². The average Bonchev–Trinajstić information content (AvgIpc) is 3.21. The van der Waals surface area contributed by atoms with Crippen molar-refractivity contribution in [3.8, 4) is 0 Å². The fourth-order valence-electron chi connectivity index (χ4n) is 3.69. The summed E-state index contributed by atoms with van der Waals surface area (Å²) in [6.45, 7) is 3.05. The molecule has 2 aliphatic heterocycles. The van der Waals surface area contributed by atoms with Crippen LogP contribution >= 0.6 is 0 Å². The van der Waals surface area contributed by atoms with Gasteiger partial charge in [0.05, 0.1) is 17.2 Å². The van der Waals surface area contributed by atoms with Gasteiger partial charge < -0.3 is 29.4 Å². The van der Waals surface area contributed by atoms with E-state index >= 15 is 0 Å². The molecule has 2 fully saturated rings. The molecular formula is C23H25NO7. The standard InChI is InChI=1S/C23H25NO7/c1-22(2)29-17-18(24)23(31-21(17)30-22,13-27-19(25)15-9-5-3-6-10-15)14-28-20(26)16-11-7-4-8-12-16/h3-12,17-18,21H,13-14,24H2,1-2H3/t17-,18+,21+/m1/s1. The lowest BCUT2D eigenvalue weighted by molar-refractivity contribution is -0.239. The van der Waals surface area contributed by atoms with Crippen molar-refractivity contribution in [2.45, 2.75) is 43.7 Å². The van der Waals surface area contributed by atoms with Crippen molar-refractivity contribution in [2.24, 2.45) is 5.73 Å². The third kappa shape index (κ3) is 4.47. The smallest absolute Gasteiger partial charge is 0.338 e. The van der Waals surface area contributed by atoms with Gasteiger partial charge in [-0.15, -0.1) is 0 Å². The summed E-state index contributed by atoms with van der Waals surface area (Å²) in [7, 11) is 0. The highest BCUT2D eigenvalue weighted by atomic mass is 16.8. The van der Waals surface area contributed by atoms with Crippen molar-refractivity contribution in [3.05, 3.63) is 71.8 Å². The van der Waals surface area contributed by atoms with Gasteiger partial charge in [0.15, 0.2) is 17.7 Å². The predicted octanol–water partition coefficient (Wildman–Crippen LogP) is 2.27. The molecule has 8 nitrogen and oxygen atoms in total. The van der Waals surface area contributed by atoms with E-state index in [-0.39, 0.29) is 13.2 Å². The molecule has 0 amide bonds. The van der Waals surface area contributed by atoms with E-state index in [1.807, 2.05) is 0 Å². The summed E-state index contributed by atoms with van der Waals surface area (Å²) in [6, 6.07) is 16.4. The quantitative estimate of drug-likeness (QED) is 0.700. The van der Waals surface area contributed by atoms with Crippen molar-refractivity contribution in [2.75, 3.05) is 13.2 Å². The molecule has 2 heterocycles. The van der Waals surface area contributed by atoms with Crippen LogP contribution in [0, 0.1) is 0 Å². The number of fused-ring (bicyclic) bond motifs is 1. The lowest BCUT2D eigenvalue weighted by Crippen LogP contribution is -2.57. The molecule has 31 heavy (non-hydrogen) atoms. The van der Waals surface area contributed by atoms with Gasteiger partial charge in [-0.2, -0.15) is 0 Å². The highest BCUT2D eigenvalue weighted by molar-refractivity contribution is 5.90. The molecule has 2 N–H and O–H groups in total. The number of esters is 2. The lowest BCUT2D eigenvalue weighted by Gasteiger charge is -2.34. The minimum absolute atomic E-state index is 0.232. The number of hydrogen-bond donors (Lipinski definition) is 1. The van der Waals surface area contributed by atoms with E-state index in [2.05, 4.69) is 0 Å². The maximum absolute atomic E-state index is 12.5. The Morgan fingerprint density at radius 1 is 0.839 bits per heavy atom. The molecule has 8 heteroatoms. The van der Waals surface area contributed by atoms with E-state index in [0.717, 1.165) is 0 Å². The van der Waals surface area contributed by atoms with Crippen molar-refractivity contribution in [1.82, 2.24) is 0 Å². The first-order valence-electron chi connectivity index (χ1n) is 10.0. The molecule has 0 spiro atoms. The number of carbonyl (C=O) groups is 2. The summed E-state index contributed by atoms with van der Waals surface area (Å²) in [6.07, 6.45) is -1.36. The van der Waals surface area contributed by atoms with Gasteiger partial charge in [0.1, 0.15) is 19.3 Å². The van der Waals surface area contributed by atoms with Gasteiger partial charge >= 0.3 is 11.9 Å². The molecule has 2 aromatic carbocycles. The van der Waals surface area contributed by atoms with E-state index in [0.29, 0.717) is 11.1 Å². The van der Waals surface area contributed by atoms with Crippen LogP contribution in [0.25, 0.3) is 0 Å². The van der Waals surface area contributed by atoms with Gasteiger partial charge in [-0.25, -0.2) is 9.59 Å². The van der Waals surface area contributed by atoms with Crippen molar-refractivity contribution < 1.29 is 33.3 Å². The van der Waals surface area contributed by atoms with Crippen molar-refractivity contribution >= 4 is 11.9 Å². The molecule has 164 valence electrons. The second-order valence-corrected chi connectivity index (χ2v) is 8.06. The van der Waals surface area contributed by atoms with Crippen LogP contribution < -0.4 is 5.73 Å². The topological polar surface area (TPSA) is 106 Å². The summed E-state index contributed by atoms with van der Waals surface area (Å²) in [4.78, 5) is 24.9. The predicted molar refractivity (Wildman–Crippen MR) is 109 cm³/mol. The maximum Gasteiger partial charge on any atom is 0.338 e. The number of benzene rings is 2. The fourth-order valence-corrected chi connectivity index (χ4v) is 3.69. The molecule has 0 radical (unpaired) electrons. The normalized spacial score (nSPS) is 25.6. The first kappa shape index (κ1) is 21.5. The van der Waals surface area contributed by atoms with Crippen LogP contribution in [-0.4, -0.2) is 55.0 Å². The molecule has 0 aliphatic carbocycles. The first-order chi connectivity index (χ1) is 14.8. The molecule has 0 unspecified atom stereocenters. The van der Waals surface area contributed by atoms with Gasteiger partial charge in [0.25, 0.3) is 0 Å². The lowest BCUT2D eigenvalue weighted by atomic mass is 9.95. The second-order valence-electron chi connectivity index (χ2n) is 8.06. The first-order valence-corrected chi connectivity index (χ1v) is 10.0. The molecule has 2 aromatic rings. The third-order valence-electron chi connectivity index (χ3n) is 5.31. The summed E-state index contributed by atoms with van der Waals surface area (Å²) in [5, 5.41) is 0. The highest BCUT2D eigenvalue weighted by Crippen LogP contribution is 2.42. The van der Waals surface area contributed by atoms with Gasteiger partial charge in [0.2, 0.25) is 0 Å². The Bertz CT molecular complexity index is 876. The summed E-state index contributed by atoms with van der Waals surface area (Å²) in [5.41, 5.74) is 5.92. The van der Waals surface area contributed by atoms with E-state index in [1.54, 1.807) is 74.5 Å². The zero-order valence-corrected chi connectivity index (χ0v) is 17.4. The SMILES string of the molecule is CC1(C)O[C@H]2OC(COC(=O)c3ccccc3)(COC(=O)c3ccccc3)[C@@H](N)[C@H]2O1. The van der Waals surface area contributed by atoms with Gasteiger partial charge in [-0.1, -0.05) is 36.4 Å². The van der Waals surface area contributed by atoms with E-state index < -0.39 is 41.8 Å². The Labute approximate surface area is 180 Å². The van der Waals surface area contributed by atoms with Crippen LogP contribution in [-0.2, 0) is 23.7 Å². The number of nitrogens with two attached hydrogens (primary N) is 1. The number of ether oxygens (including phenoxy) is 5. The van der Waals surface area contributed by atoms with Crippen molar-refractivity contribution in [1.29, 1.82) is 0 Å². The molecule has 3 atom stereocenters. The van der Waals surface area contributed by atoms with Crippen LogP contribution in [0.1, 0.15) is 34.6 Å². The fraction of sp³-hybridized carbons (Fsp3) is 0.391. The summed E-state index contributed by atoms with van der Waals surface area (Å²) in [5.74, 6) is -1.94. The molecule has 4 rings (SSSR count). The number of hydrogen-bond acceptors (Lipinski definition) is 8. The molecule has 2 saturated heterocycles. The Morgan fingerprint density at radius 3 is 1.77 bits per heavy atom. The second kappa shape index (κ2) is 8.39. The minimum atomic E-state index is -1.32. The highest BCUT2D eigenvalue weighted by Gasteiger charge is 2.61. The molecule has 2 aliphatic rings. The molecule has 0 saturated carbocycles. The van der Waals surface area contributed by atoms with Crippen LogP contribution in [0.5, 0.6) is 0 Å². The summed E-state index contributed by atoms with van der Waals surface area (Å²) >= 11 is 0. The Balaban J connectivity index is 1.50. The van der Waals surface area contributed by atoms with E-state index in [4.69, 9.17) is 29.4 Å². The zero-order chi connectivity index (χ0) is 22.1. The Kier molecular flexibility index (Phi) is 5.81. The maximum atomic E-state index is 12.5. The van der Waals surface area contributed by atoms with Crippen LogP contribution in [0.4, 0.5) is 0 Å². The van der Waals surface area contributed by atoms with Crippen LogP contribution in [0.15, 0.2) is 60.7 Å². The zero-order valence-electron chi connectivity index (χ0n) is 17.4. The van der Waals surface area contributed by atoms with Gasteiger partial charge in [-0.05, 0) is 38.1 Å².